The van der Waals surface area contributed by atoms with Gasteiger partial charge in [-0.05, 0) is 57.3 Å². The van der Waals surface area contributed by atoms with Gasteiger partial charge in [0.2, 0.25) is 0 Å². The van der Waals surface area contributed by atoms with Crippen molar-refractivity contribution in [3.8, 4) is 0 Å². The average molecular weight is 888 g/mol. The topological polar surface area (TPSA) is 172 Å². The Balaban J connectivity index is 2.43. The Morgan fingerprint density at radius 3 is 1.87 bits per heavy atom. The maximum absolute atomic E-state index is 12.8. The molecule has 0 amide bonds. The Bertz CT molecular complexity index is 1210. The number of ether oxygens (including phenoxy) is 2. The number of likely N-dealkylation sites (N-methyl/N-ethyl adjacent to an activating group) is 1. The molecule has 0 saturated heterocycles. The fourth-order valence-electron chi connectivity index (χ4n) is 7.69. The first kappa shape index (κ1) is 57.4. The third kappa shape index (κ3) is 32.7. The van der Waals surface area contributed by atoms with Crippen molar-refractivity contribution in [2.45, 2.75) is 212 Å². The summed E-state index contributed by atoms with van der Waals surface area (Å²) in [4.78, 5) is 37.9. The van der Waals surface area contributed by atoms with Crippen molar-refractivity contribution in [2.75, 3.05) is 47.5 Å². The lowest BCUT2D eigenvalue weighted by atomic mass is 9.88. The van der Waals surface area contributed by atoms with Crippen LogP contribution in [0.5, 0.6) is 0 Å². The molecule has 1 unspecified atom stereocenters. The van der Waals surface area contributed by atoms with Crippen molar-refractivity contribution in [3.05, 3.63) is 24.3 Å². The molecule has 0 aromatic rings. The van der Waals surface area contributed by atoms with Crippen LogP contribution in [0.25, 0.3) is 0 Å². The smallest absolute Gasteiger partial charge is 0.306 e. The van der Waals surface area contributed by atoms with Crippen LogP contribution in [0, 0.1) is 11.8 Å². The van der Waals surface area contributed by atoms with Crippen LogP contribution in [-0.2, 0) is 32.7 Å². The summed E-state index contributed by atoms with van der Waals surface area (Å²) in [5.41, 5.74) is 0. The molecule has 0 heterocycles. The van der Waals surface area contributed by atoms with E-state index in [1.54, 1.807) is 6.08 Å². The van der Waals surface area contributed by atoms with E-state index >= 15 is 0 Å². The lowest BCUT2D eigenvalue weighted by molar-refractivity contribution is -0.870. The van der Waals surface area contributed by atoms with E-state index in [1.165, 1.54) is 64.2 Å². The minimum Gasteiger partial charge on any atom is -0.756 e. The largest absolute Gasteiger partial charge is 0.756 e. The van der Waals surface area contributed by atoms with E-state index in [0.717, 1.165) is 70.6 Å². The highest BCUT2D eigenvalue weighted by Crippen LogP contribution is 2.39. The number of carbonyl (C=O) groups excluding carboxylic acids is 2. The molecular formula is C48H90NO11P. The van der Waals surface area contributed by atoms with Gasteiger partial charge in [-0.25, -0.2) is 0 Å². The van der Waals surface area contributed by atoms with Crippen molar-refractivity contribution in [2.24, 2.45) is 11.8 Å². The number of carbonyl (C=O) groups is 2. The molecule has 12 nitrogen and oxygen atoms in total. The summed E-state index contributed by atoms with van der Waals surface area (Å²) in [6.45, 7) is 3.89. The molecule has 358 valence electrons. The van der Waals surface area contributed by atoms with Gasteiger partial charge in [-0.2, -0.15) is 0 Å². The molecule has 1 aliphatic rings. The maximum Gasteiger partial charge on any atom is 0.306 e. The van der Waals surface area contributed by atoms with Crippen LogP contribution in [-0.4, -0.2) is 104 Å². The summed E-state index contributed by atoms with van der Waals surface area (Å²) in [5.74, 6) is -1.27. The number of hydrogen-bond acceptors (Lipinski definition) is 11. The first-order valence-electron chi connectivity index (χ1n) is 24.3. The van der Waals surface area contributed by atoms with Crippen molar-refractivity contribution >= 4 is 19.8 Å². The minimum absolute atomic E-state index is 0.0691. The first-order valence-corrected chi connectivity index (χ1v) is 25.8. The zero-order valence-corrected chi connectivity index (χ0v) is 40.1. The molecule has 1 aliphatic carbocycles. The van der Waals surface area contributed by atoms with Gasteiger partial charge >= 0.3 is 11.9 Å². The second-order valence-electron chi connectivity index (χ2n) is 18.4. The van der Waals surface area contributed by atoms with Gasteiger partial charge in [-0.1, -0.05) is 141 Å². The quantitative estimate of drug-likeness (QED) is 0.0176. The lowest BCUT2D eigenvalue weighted by Crippen LogP contribution is -2.37. The molecule has 13 heteroatoms. The van der Waals surface area contributed by atoms with Crippen LogP contribution in [0.4, 0.5) is 0 Å². The summed E-state index contributed by atoms with van der Waals surface area (Å²) < 4.78 is 34.0. The maximum atomic E-state index is 12.8. The fourth-order valence-corrected chi connectivity index (χ4v) is 8.42. The number of hydrogen-bond donors (Lipinski definition) is 3. The Labute approximate surface area is 371 Å². The van der Waals surface area contributed by atoms with E-state index in [2.05, 4.69) is 26.0 Å². The van der Waals surface area contributed by atoms with Crippen LogP contribution in [0.2, 0.25) is 0 Å². The molecule has 61 heavy (non-hydrogen) atoms. The van der Waals surface area contributed by atoms with E-state index < -0.39 is 50.8 Å². The van der Waals surface area contributed by atoms with Gasteiger partial charge in [0.05, 0.1) is 46.1 Å². The number of aliphatic hydroxyl groups is 3. The van der Waals surface area contributed by atoms with Crippen LogP contribution >= 0.6 is 7.82 Å². The highest BCUT2D eigenvalue weighted by molar-refractivity contribution is 7.45. The first-order chi connectivity index (χ1) is 29.2. The van der Waals surface area contributed by atoms with Gasteiger partial charge in [0, 0.05) is 25.2 Å². The second-order valence-corrected chi connectivity index (χ2v) is 19.8. The summed E-state index contributed by atoms with van der Waals surface area (Å²) in [5, 5.41) is 31.5. The number of quaternary nitrogens is 1. The molecule has 0 bridgehead atoms. The van der Waals surface area contributed by atoms with E-state index in [-0.39, 0.29) is 37.9 Å². The molecule has 7 atom stereocenters. The average Bonchev–Trinajstić information content (AvgIpc) is 3.47. The Morgan fingerprint density at radius 2 is 1.26 bits per heavy atom. The number of allylic oxidation sites excluding steroid dienone is 2. The van der Waals surface area contributed by atoms with Crippen molar-refractivity contribution in [3.63, 3.8) is 0 Å². The van der Waals surface area contributed by atoms with Crippen molar-refractivity contribution in [1.29, 1.82) is 0 Å². The van der Waals surface area contributed by atoms with Crippen LogP contribution < -0.4 is 4.89 Å². The predicted octanol–water partition coefficient (Wildman–Crippen LogP) is 9.66. The van der Waals surface area contributed by atoms with E-state index in [9.17, 15) is 34.4 Å². The molecule has 0 aromatic heterocycles. The van der Waals surface area contributed by atoms with E-state index in [0.29, 0.717) is 36.7 Å². The third-order valence-electron chi connectivity index (χ3n) is 11.5. The fraction of sp³-hybridized carbons (Fsp3) is 0.875. The van der Waals surface area contributed by atoms with Crippen molar-refractivity contribution < 1.29 is 57.4 Å². The van der Waals surface area contributed by atoms with Gasteiger partial charge in [0.25, 0.3) is 7.82 Å². The van der Waals surface area contributed by atoms with Crippen molar-refractivity contribution in [1.82, 2.24) is 0 Å². The highest BCUT2D eigenvalue weighted by atomic mass is 31.2. The Kier molecular flexibility index (Phi) is 33.6. The SMILES string of the molecule is CCCCCCCC/C=C\CCCCCCCCCC(=O)OC[C@H](COP(=O)([O-])OCC[N+](C)(C)C)OC(=O)CCCCCC[C@@H]1[C@@H](/C=C/[C@@H](O)CCCCC)[C@H](O)C[C@@H]1O. The summed E-state index contributed by atoms with van der Waals surface area (Å²) in [7, 11) is 1.04. The van der Waals surface area contributed by atoms with E-state index in [4.69, 9.17) is 18.5 Å². The molecule has 1 fully saturated rings. The number of aliphatic hydroxyl groups excluding tert-OH is 3. The summed E-state index contributed by atoms with van der Waals surface area (Å²) >= 11 is 0. The molecule has 3 N–H and O–H groups in total. The number of nitrogens with zero attached hydrogens (tertiary/aromatic N) is 1. The Hall–Kier alpha value is -1.63. The van der Waals surface area contributed by atoms with Gasteiger partial charge in [0.15, 0.2) is 6.10 Å². The zero-order valence-electron chi connectivity index (χ0n) is 39.2. The normalized spacial score (nSPS) is 20.3. The highest BCUT2D eigenvalue weighted by Gasteiger charge is 2.39. The number of esters is 2. The third-order valence-corrected chi connectivity index (χ3v) is 12.5. The molecule has 1 rings (SSSR count). The van der Waals surface area contributed by atoms with Gasteiger partial charge in [-0.15, -0.1) is 0 Å². The predicted molar refractivity (Wildman–Crippen MR) is 243 cm³/mol. The molecule has 0 spiro atoms. The molecule has 0 radical (unpaired) electrons. The Morgan fingerprint density at radius 1 is 0.721 bits per heavy atom. The zero-order chi connectivity index (χ0) is 45.2. The number of phosphoric ester groups is 1. The van der Waals surface area contributed by atoms with Gasteiger partial charge < -0.3 is 43.2 Å². The minimum atomic E-state index is -4.69. The van der Waals surface area contributed by atoms with Crippen LogP contribution in [0.1, 0.15) is 187 Å². The second kappa shape index (κ2) is 35.7. The molecular weight excluding hydrogens is 797 g/mol. The molecule has 0 aromatic carbocycles. The standard InChI is InChI=1S/C48H90NO11P/c1-6-8-10-11-12-13-14-15-16-17-18-19-20-21-22-23-28-32-47(53)57-39-42(40-59-61(55,56)58-37-36-49(3,4)5)60-48(54)33-29-25-24-27-31-43-44(46(52)38-45(43)51)35-34-41(50)30-26-9-7-2/h15-16,34-35,41-46,50-52H,6-14,17-33,36-40H2,1-5H3/b16-15-,35-34+/t41-,42+,43+,44+,45-,46+/m0/s1. The molecule has 0 aliphatic heterocycles. The lowest BCUT2D eigenvalue weighted by Gasteiger charge is -2.28. The summed E-state index contributed by atoms with van der Waals surface area (Å²) in [6.07, 6.45) is 31.2. The number of phosphoric acid groups is 1. The van der Waals surface area contributed by atoms with Gasteiger partial charge in [-0.3, -0.25) is 14.2 Å². The molecule has 1 saturated carbocycles. The van der Waals surface area contributed by atoms with Gasteiger partial charge in [0.1, 0.15) is 19.8 Å². The number of rotatable bonds is 40. The van der Waals surface area contributed by atoms with E-state index in [1.807, 2.05) is 27.2 Å². The van der Waals surface area contributed by atoms with Crippen LogP contribution in [0.3, 0.4) is 0 Å². The summed E-state index contributed by atoms with van der Waals surface area (Å²) in [6, 6.07) is 0. The van der Waals surface area contributed by atoms with Crippen LogP contribution in [0.15, 0.2) is 24.3 Å². The monoisotopic (exact) mass is 888 g/mol. The number of unbranched alkanes of at least 4 members (excludes halogenated alkanes) is 18.